The van der Waals surface area contributed by atoms with Crippen LogP contribution in [-0.2, 0) is 6.42 Å². The lowest BCUT2D eigenvalue weighted by Crippen LogP contribution is -2.37. The fraction of sp³-hybridized carbons (Fsp3) is 0.316. The molecule has 120 valence electrons. The molecule has 2 heterocycles. The van der Waals surface area contributed by atoms with Crippen molar-refractivity contribution in [2.24, 2.45) is 0 Å². The number of aliphatic hydroxyl groups is 1. The van der Waals surface area contributed by atoms with Gasteiger partial charge >= 0.3 is 0 Å². The van der Waals surface area contributed by atoms with Gasteiger partial charge < -0.3 is 5.11 Å². The molecule has 4 heteroatoms. The third-order valence-corrected chi connectivity index (χ3v) is 4.29. The van der Waals surface area contributed by atoms with E-state index in [-0.39, 0.29) is 0 Å². The van der Waals surface area contributed by atoms with Crippen molar-refractivity contribution in [1.29, 1.82) is 0 Å². The van der Waals surface area contributed by atoms with Crippen molar-refractivity contribution in [3.05, 3.63) is 71.0 Å². The summed E-state index contributed by atoms with van der Waals surface area (Å²) in [6, 6.07) is 13.7. The maximum absolute atomic E-state index is 10.4. The molecule has 3 nitrogen and oxygen atoms in total. The van der Waals surface area contributed by atoms with Crippen LogP contribution in [0.2, 0.25) is 5.02 Å². The summed E-state index contributed by atoms with van der Waals surface area (Å²) < 4.78 is 0. The van der Waals surface area contributed by atoms with Crippen molar-refractivity contribution in [2.45, 2.75) is 18.9 Å². The fourth-order valence-electron chi connectivity index (χ4n) is 3.00. The van der Waals surface area contributed by atoms with Gasteiger partial charge in [0, 0.05) is 30.9 Å². The van der Waals surface area contributed by atoms with Gasteiger partial charge in [-0.05, 0) is 48.2 Å². The first kappa shape index (κ1) is 16.2. The summed E-state index contributed by atoms with van der Waals surface area (Å²) in [6.45, 7) is 2.48. The van der Waals surface area contributed by atoms with Crippen LogP contribution in [0.3, 0.4) is 0 Å². The molecule has 0 fully saturated rings. The highest BCUT2D eigenvalue weighted by Crippen LogP contribution is 2.19. The van der Waals surface area contributed by atoms with Crippen molar-refractivity contribution >= 4 is 17.2 Å². The monoisotopic (exact) mass is 328 g/mol. The first-order valence-corrected chi connectivity index (χ1v) is 8.34. The second kappa shape index (κ2) is 7.73. The Morgan fingerprint density at radius 1 is 1.22 bits per heavy atom. The number of aromatic nitrogens is 1. The third kappa shape index (κ3) is 4.64. The van der Waals surface area contributed by atoms with Gasteiger partial charge in [0.05, 0.1) is 11.8 Å². The number of halogens is 1. The first-order chi connectivity index (χ1) is 11.2. The normalized spacial score (nSPS) is 16.9. The summed E-state index contributed by atoms with van der Waals surface area (Å²) in [7, 11) is 0. The van der Waals surface area contributed by atoms with Crippen molar-refractivity contribution in [3.63, 3.8) is 0 Å². The van der Waals surface area contributed by atoms with E-state index in [1.165, 1.54) is 5.57 Å². The molecule has 3 rings (SSSR count). The van der Waals surface area contributed by atoms with Crippen LogP contribution in [0.25, 0.3) is 5.57 Å². The molecule has 0 saturated heterocycles. The molecular formula is C19H21ClN2O. The summed E-state index contributed by atoms with van der Waals surface area (Å²) in [4.78, 5) is 6.71. The van der Waals surface area contributed by atoms with Crippen LogP contribution in [0.5, 0.6) is 0 Å². The molecule has 1 atom stereocenters. The van der Waals surface area contributed by atoms with E-state index >= 15 is 0 Å². The average molecular weight is 329 g/mol. The lowest BCUT2D eigenvalue weighted by molar-refractivity contribution is 0.119. The Bertz CT molecular complexity index is 672. The highest BCUT2D eigenvalue weighted by Gasteiger charge is 2.18. The van der Waals surface area contributed by atoms with E-state index in [1.54, 1.807) is 0 Å². The minimum absolute atomic E-state index is 0.392. The van der Waals surface area contributed by atoms with E-state index < -0.39 is 6.10 Å². The molecule has 1 N–H and O–H groups in total. The molecule has 1 aromatic carbocycles. The Hall–Kier alpha value is -1.68. The zero-order valence-electron chi connectivity index (χ0n) is 13.0. The van der Waals surface area contributed by atoms with Gasteiger partial charge in [0.15, 0.2) is 0 Å². The smallest absolute Gasteiger partial charge is 0.0707 e. The number of benzene rings is 1. The number of aliphatic hydroxyl groups excluding tert-OH is 1. The van der Waals surface area contributed by atoms with Gasteiger partial charge in [-0.15, -0.1) is 0 Å². The standard InChI is InChI=1S/C19H21ClN2O/c20-17-7-3-5-15(11-17)12-18(23)14-22-10-4-6-16(13-22)19-8-1-2-9-21-19/h1-3,5-9,11,18,23H,4,10,12-14H2. The van der Waals surface area contributed by atoms with Crippen LogP contribution in [0.15, 0.2) is 54.7 Å². The summed E-state index contributed by atoms with van der Waals surface area (Å²) in [5.41, 5.74) is 3.34. The second-order valence-electron chi connectivity index (χ2n) is 5.96. The fourth-order valence-corrected chi connectivity index (χ4v) is 3.21. The molecular weight excluding hydrogens is 308 g/mol. The number of nitrogens with zero attached hydrogens (tertiary/aromatic N) is 2. The SMILES string of the molecule is OC(Cc1cccc(Cl)c1)CN1CCC=C(c2ccccn2)C1. The minimum atomic E-state index is -0.392. The van der Waals surface area contributed by atoms with Gasteiger partial charge in [0.1, 0.15) is 0 Å². The largest absolute Gasteiger partial charge is 0.391 e. The molecule has 1 aromatic heterocycles. The van der Waals surface area contributed by atoms with Gasteiger partial charge in [0.25, 0.3) is 0 Å². The Labute approximate surface area is 142 Å². The second-order valence-corrected chi connectivity index (χ2v) is 6.39. The minimum Gasteiger partial charge on any atom is -0.391 e. The van der Waals surface area contributed by atoms with E-state index in [4.69, 9.17) is 11.6 Å². The summed E-state index contributed by atoms with van der Waals surface area (Å²) >= 11 is 6.00. The molecule has 0 saturated carbocycles. The average Bonchev–Trinajstić information content (AvgIpc) is 2.56. The molecule has 2 aromatic rings. The van der Waals surface area contributed by atoms with E-state index in [0.29, 0.717) is 18.0 Å². The highest BCUT2D eigenvalue weighted by molar-refractivity contribution is 6.30. The molecule has 1 aliphatic rings. The number of hydrogen-bond donors (Lipinski definition) is 1. The summed E-state index contributed by atoms with van der Waals surface area (Å²) in [5.74, 6) is 0. The number of rotatable bonds is 5. The maximum Gasteiger partial charge on any atom is 0.0707 e. The summed E-state index contributed by atoms with van der Waals surface area (Å²) in [6.07, 6.45) is 5.30. The number of hydrogen-bond acceptors (Lipinski definition) is 3. The third-order valence-electron chi connectivity index (χ3n) is 4.05. The Kier molecular flexibility index (Phi) is 5.44. The van der Waals surface area contributed by atoms with E-state index in [0.717, 1.165) is 30.8 Å². The summed E-state index contributed by atoms with van der Waals surface area (Å²) in [5, 5.41) is 11.1. The molecule has 0 radical (unpaired) electrons. The Balaban J connectivity index is 1.57. The lowest BCUT2D eigenvalue weighted by Gasteiger charge is -2.29. The lowest BCUT2D eigenvalue weighted by atomic mass is 10.0. The van der Waals surface area contributed by atoms with Crippen LogP contribution in [0.4, 0.5) is 0 Å². The highest BCUT2D eigenvalue weighted by atomic mass is 35.5. The van der Waals surface area contributed by atoms with Crippen LogP contribution in [0, 0.1) is 0 Å². The van der Waals surface area contributed by atoms with E-state index in [9.17, 15) is 5.11 Å². The Morgan fingerprint density at radius 2 is 2.13 bits per heavy atom. The van der Waals surface area contributed by atoms with E-state index in [1.807, 2.05) is 48.7 Å². The molecule has 1 unspecified atom stereocenters. The van der Waals surface area contributed by atoms with Crippen LogP contribution >= 0.6 is 11.6 Å². The zero-order chi connectivity index (χ0) is 16.1. The molecule has 0 aliphatic carbocycles. The molecule has 1 aliphatic heterocycles. The number of pyridine rings is 1. The van der Waals surface area contributed by atoms with Crippen molar-refractivity contribution in [2.75, 3.05) is 19.6 Å². The topological polar surface area (TPSA) is 36.4 Å². The van der Waals surface area contributed by atoms with Gasteiger partial charge in [-0.2, -0.15) is 0 Å². The molecule has 0 bridgehead atoms. The predicted octanol–water partition coefficient (Wildman–Crippen LogP) is 3.43. The van der Waals surface area contributed by atoms with Gasteiger partial charge in [-0.1, -0.05) is 35.9 Å². The molecule has 23 heavy (non-hydrogen) atoms. The van der Waals surface area contributed by atoms with Crippen molar-refractivity contribution in [1.82, 2.24) is 9.88 Å². The van der Waals surface area contributed by atoms with Crippen molar-refractivity contribution < 1.29 is 5.11 Å². The molecule has 0 amide bonds. The van der Waals surface area contributed by atoms with Gasteiger partial charge in [-0.25, -0.2) is 0 Å². The van der Waals surface area contributed by atoms with Crippen LogP contribution in [0.1, 0.15) is 17.7 Å². The van der Waals surface area contributed by atoms with Gasteiger partial charge in [-0.3, -0.25) is 9.88 Å². The Morgan fingerprint density at radius 3 is 2.91 bits per heavy atom. The molecule has 0 spiro atoms. The quantitative estimate of drug-likeness (QED) is 0.913. The van der Waals surface area contributed by atoms with E-state index in [2.05, 4.69) is 16.0 Å². The number of β-amino-alcohol motifs (C(OH)–C–C–N with tert-alkyl or cyclic N) is 1. The zero-order valence-corrected chi connectivity index (χ0v) is 13.8. The van der Waals surface area contributed by atoms with Crippen LogP contribution in [-0.4, -0.2) is 40.7 Å². The maximum atomic E-state index is 10.4. The van der Waals surface area contributed by atoms with Crippen LogP contribution < -0.4 is 0 Å². The first-order valence-electron chi connectivity index (χ1n) is 7.96. The van der Waals surface area contributed by atoms with Crippen molar-refractivity contribution in [3.8, 4) is 0 Å². The predicted molar refractivity (Wildman–Crippen MR) is 94.4 cm³/mol. The van der Waals surface area contributed by atoms with Gasteiger partial charge in [0.2, 0.25) is 0 Å².